The van der Waals surface area contributed by atoms with Gasteiger partial charge in [0.15, 0.2) is 0 Å². The molecule has 0 N–H and O–H groups in total. The van der Waals surface area contributed by atoms with Crippen molar-refractivity contribution in [1.82, 2.24) is 0 Å². The average Bonchev–Trinajstić information content (AvgIpc) is 2.90. The van der Waals surface area contributed by atoms with Crippen LogP contribution in [-0.4, -0.2) is 39.4 Å². The van der Waals surface area contributed by atoms with Gasteiger partial charge in [-0.25, -0.2) is 0 Å². The number of fused-ring (bicyclic) bond motifs is 1. The Morgan fingerprint density at radius 1 is 0.933 bits per heavy atom. The van der Waals surface area contributed by atoms with Gasteiger partial charge in [-0.2, -0.15) is 0 Å². The number of likely N-dealkylation sites (N-methyl/N-ethyl adjacent to an activating group) is 1. The van der Waals surface area contributed by atoms with Crippen molar-refractivity contribution in [3.8, 4) is 16.9 Å². The number of methoxy groups -OCH3 is 2. The minimum absolute atomic E-state index is 0.0613. The van der Waals surface area contributed by atoms with Gasteiger partial charge in [-0.15, -0.1) is 0 Å². The molecule has 1 heterocycles. The first-order chi connectivity index (χ1) is 14.6. The van der Waals surface area contributed by atoms with Crippen LogP contribution < -0.4 is 9.64 Å². The number of rotatable bonds is 5. The molecule has 0 bridgehead atoms. The number of benzene rings is 3. The zero-order valence-corrected chi connectivity index (χ0v) is 17.4. The van der Waals surface area contributed by atoms with E-state index in [9.17, 15) is 4.79 Å². The van der Waals surface area contributed by atoms with E-state index in [-0.39, 0.29) is 12.5 Å². The zero-order valence-electron chi connectivity index (χ0n) is 17.4. The topological polar surface area (TPSA) is 51.1 Å². The van der Waals surface area contributed by atoms with Crippen LogP contribution in [0.1, 0.15) is 16.7 Å². The number of ether oxygens (including phenoxy) is 2. The fraction of sp³-hybridized carbons (Fsp3) is 0.200. The van der Waals surface area contributed by atoms with Crippen molar-refractivity contribution in [2.45, 2.75) is 6.61 Å². The predicted octanol–water partition coefficient (Wildman–Crippen LogP) is 4.32. The molecule has 30 heavy (non-hydrogen) atoms. The highest BCUT2D eigenvalue weighted by Crippen LogP contribution is 2.38. The summed E-state index contributed by atoms with van der Waals surface area (Å²) < 4.78 is 11.0. The average molecular weight is 400 g/mol. The molecule has 5 nitrogen and oxygen atoms in total. The van der Waals surface area contributed by atoms with Crippen LogP contribution in [0.5, 0.6) is 5.75 Å². The van der Waals surface area contributed by atoms with Crippen molar-refractivity contribution in [2.24, 2.45) is 4.99 Å². The minimum Gasteiger partial charge on any atom is -0.496 e. The molecule has 3 aromatic carbocycles. The Kier molecular flexibility index (Phi) is 5.63. The van der Waals surface area contributed by atoms with E-state index in [0.717, 1.165) is 39.2 Å². The quantitative estimate of drug-likeness (QED) is 0.641. The van der Waals surface area contributed by atoms with E-state index in [1.54, 1.807) is 26.2 Å². The van der Waals surface area contributed by atoms with Gasteiger partial charge in [-0.1, -0.05) is 48.5 Å². The molecular weight excluding hydrogens is 376 g/mol. The second-order valence-electron chi connectivity index (χ2n) is 7.19. The fourth-order valence-corrected chi connectivity index (χ4v) is 3.74. The molecule has 0 atom stereocenters. The van der Waals surface area contributed by atoms with Crippen molar-refractivity contribution >= 4 is 17.3 Å². The second-order valence-corrected chi connectivity index (χ2v) is 7.19. The van der Waals surface area contributed by atoms with E-state index in [1.807, 2.05) is 54.6 Å². The number of carbonyl (C=O) groups is 1. The third-order valence-corrected chi connectivity index (χ3v) is 5.28. The number of amides is 1. The number of hydrogen-bond donors (Lipinski definition) is 0. The van der Waals surface area contributed by atoms with Crippen molar-refractivity contribution in [3.63, 3.8) is 0 Å². The smallest absolute Gasteiger partial charge is 0.248 e. The van der Waals surface area contributed by atoms with Gasteiger partial charge >= 0.3 is 0 Å². The first-order valence-corrected chi connectivity index (χ1v) is 9.79. The number of benzodiazepines with no additional fused rings is 1. The van der Waals surface area contributed by atoms with Crippen LogP contribution in [-0.2, 0) is 16.1 Å². The fourth-order valence-electron chi connectivity index (χ4n) is 3.74. The number of anilines is 1. The largest absolute Gasteiger partial charge is 0.496 e. The summed E-state index contributed by atoms with van der Waals surface area (Å²) in [6.45, 7) is 0.614. The third kappa shape index (κ3) is 3.72. The number of nitrogens with zero attached hydrogens (tertiary/aromatic N) is 2. The van der Waals surface area contributed by atoms with Crippen LogP contribution in [0.2, 0.25) is 0 Å². The monoisotopic (exact) mass is 400 g/mol. The van der Waals surface area contributed by atoms with Crippen LogP contribution in [0, 0.1) is 0 Å². The summed E-state index contributed by atoms with van der Waals surface area (Å²) in [5.41, 5.74) is 6.49. The Morgan fingerprint density at radius 2 is 1.70 bits per heavy atom. The first kappa shape index (κ1) is 19.9. The molecule has 1 aliphatic heterocycles. The molecule has 1 aliphatic rings. The van der Waals surface area contributed by atoms with Crippen LogP contribution in [0.3, 0.4) is 0 Å². The molecule has 0 aromatic heterocycles. The Balaban J connectivity index is 1.94. The summed E-state index contributed by atoms with van der Waals surface area (Å²) in [7, 11) is 5.11. The van der Waals surface area contributed by atoms with E-state index in [2.05, 4.69) is 12.1 Å². The minimum atomic E-state index is -0.0613. The van der Waals surface area contributed by atoms with E-state index >= 15 is 0 Å². The molecule has 0 saturated carbocycles. The summed E-state index contributed by atoms with van der Waals surface area (Å²) in [5.74, 6) is 0.655. The van der Waals surface area contributed by atoms with Crippen molar-refractivity contribution in [3.05, 3.63) is 83.4 Å². The van der Waals surface area contributed by atoms with Crippen LogP contribution in [0.15, 0.2) is 71.7 Å². The van der Waals surface area contributed by atoms with Gasteiger partial charge < -0.3 is 14.4 Å². The standard InChI is InChI=1S/C25H24N2O3/c1-27-22-14-23(30-3)20(18-9-5-4-6-10-18)13-21(22)25(26-15-24(27)28)19-11-7-8-17(12-19)16-29-2/h4-14H,15-16H2,1-3H3. The molecule has 152 valence electrons. The van der Waals surface area contributed by atoms with E-state index < -0.39 is 0 Å². The highest BCUT2D eigenvalue weighted by atomic mass is 16.5. The molecule has 0 fully saturated rings. The lowest BCUT2D eigenvalue weighted by Gasteiger charge is -2.21. The Hall–Kier alpha value is -3.44. The van der Waals surface area contributed by atoms with Crippen molar-refractivity contribution in [2.75, 3.05) is 32.7 Å². The van der Waals surface area contributed by atoms with E-state index in [1.165, 1.54) is 0 Å². The second kappa shape index (κ2) is 8.51. The van der Waals surface area contributed by atoms with Gasteiger partial charge in [0.2, 0.25) is 5.91 Å². The van der Waals surface area contributed by atoms with Gasteiger partial charge in [0.25, 0.3) is 0 Å². The molecule has 4 rings (SSSR count). The van der Waals surface area contributed by atoms with Crippen molar-refractivity contribution < 1.29 is 14.3 Å². The van der Waals surface area contributed by atoms with E-state index in [0.29, 0.717) is 12.4 Å². The summed E-state index contributed by atoms with van der Waals surface area (Å²) in [6, 6.07) is 22.2. The molecule has 0 unspecified atom stereocenters. The maximum absolute atomic E-state index is 12.6. The molecule has 5 heteroatoms. The Morgan fingerprint density at radius 3 is 2.43 bits per heavy atom. The maximum Gasteiger partial charge on any atom is 0.248 e. The maximum atomic E-state index is 12.6. The lowest BCUT2D eigenvalue weighted by Crippen LogP contribution is -2.27. The van der Waals surface area contributed by atoms with E-state index in [4.69, 9.17) is 14.5 Å². The normalized spacial score (nSPS) is 13.5. The van der Waals surface area contributed by atoms with Crippen molar-refractivity contribution in [1.29, 1.82) is 0 Å². The Labute approximate surface area is 176 Å². The van der Waals surface area contributed by atoms with Gasteiger partial charge in [0.1, 0.15) is 12.3 Å². The number of hydrogen-bond acceptors (Lipinski definition) is 4. The summed E-state index contributed by atoms with van der Waals surface area (Å²) in [6.07, 6.45) is 0. The summed E-state index contributed by atoms with van der Waals surface area (Å²) >= 11 is 0. The molecule has 0 aliphatic carbocycles. The lowest BCUT2D eigenvalue weighted by molar-refractivity contribution is -0.116. The molecule has 0 radical (unpaired) electrons. The van der Waals surface area contributed by atoms with Gasteiger partial charge in [-0.05, 0) is 23.3 Å². The zero-order chi connectivity index (χ0) is 21.1. The number of aliphatic imine (C=N–C) groups is 1. The van der Waals surface area contributed by atoms with Gasteiger partial charge in [0, 0.05) is 36.9 Å². The molecule has 0 saturated heterocycles. The first-order valence-electron chi connectivity index (χ1n) is 9.79. The number of carbonyl (C=O) groups excluding carboxylic acids is 1. The highest BCUT2D eigenvalue weighted by molar-refractivity contribution is 6.20. The summed E-state index contributed by atoms with van der Waals surface area (Å²) in [4.78, 5) is 19.0. The SMILES string of the molecule is COCc1cccc(C2=NCC(=O)N(C)c3cc(OC)c(-c4ccccc4)cc32)c1. The predicted molar refractivity (Wildman–Crippen MR) is 120 cm³/mol. The molecule has 3 aromatic rings. The molecule has 0 spiro atoms. The van der Waals surface area contributed by atoms with Gasteiger partial charge in [0.05, 0.1) is 25.1 Å². The Bertz CT molecular complexity index is 1110. The van der Waals surface area contributed by atoms with Crippen LogP contribution >= 0.6 is 0 Å². The van der Waals surface area contributed by atoms with Gasteiger partial charge in [-0.3, -0.25) is 9.79 Å². The summed E-state index contributed by atoms with van der Waals surface area (Å²) in [5, 5.41) is 0. The molecular formula is C25H24N2O3. The molecule has 1 amide bonds. The van der Waals surface area contributed by atoms with Crippen LogP contribution in [0.4, 0.5) is 5.69 Å². The lowest BCUT2D eigenvalue weighted by atomic mass is 9.94. The third-order valence-electron chi connectivity index (χ3n) is 5.28. The van der Waals surface area contributed by atoms with Crippen LogP contribution in [0.25, 0.3) is 11.1 Å². The highest BCUT2D eigenvalue weighted by Gasteiger charge is 2.25.